The van der Waals surface area contributed by atoms with Crippen LogP contribution >= 0.6 is 0 Å². The van der Waals surface area contributed by atoms with E-state index in [4.69, 9.17) is 4.74 Å². The van der Waals surface area contributed by atoms with Gasteiger partial charge in [-0.15, -0.1) is 0 Å². The molecule has 2 aromatic heterocycles. The smallest absolute Gasteiger partial charge is 0.255 e. The molecule has 1 aromatic carbocycles. The van der Waals surface area contributed by atoms with Crippen LogP contribution in [-0.2, 0) is 0 Å². The van der Waals surface area contributed by atoms with Gasteiger partial charge in [-0.3, -0.25) is 9.78 Å². The molecule has 4 heterocycles. The van der Waals surface area contributed by atoms with Crippen molar-refractivity contribution in [2.45, 2.75) is 38.3 Å². The lowest BCUT2D eigenvalue weighted by molar-refractivity contribution is -0.0314. The molecule has 8 heteroatoms. The van der Waals surface area contributed by atoms with Gasteiger partial charge in [-0.25, -0.2) is 19.3 Å². The lowest BCUT2D eigenvalue weighted by Crippen LogP contribution is -2.59. The van der Waals surface area contributed by atoms with E-state index in [0.717, 1.165) is 25.0 Å². The van der Waals surface area contributed by atoms with E-state index < -0.39 is 5.82 Å². The van der Waals surface area contributed by atoms with Crippen molar-refractivity contribution in [3.05, 3.63) is 66.1 Å². The standard InChI is InChI=1S/C23H22FN5O2/c1-14-11-28-20(12-27-14)31-19-10-15-6-7-18(19)29(13-15)23(30)16-4-2-5-17(24)21(16)22-25-8-3-9-26-22/h2-5,8-9,11-12,15,18-19H,6-7,10,13H2,1H3/t15?,18-,19+/m0/s1. The maximum Gasteiger partial charge on any atom is 0.255 e. The Kier molecular flexibility index (Phi) is 5.05. The fourth-order valence-electron chi connectivity index (χ4n) is 4.60. The van der Waals surface area contributed by atoms with Crippen molar-refractivity contribution in [2.75, 3.05) is 6.54 Å². The summed E-state index contributed by atoms with van der Waals surface area (Å²) in [7, 11) is 0. The third-order valence-corrected chi connectivity index (χ3v) is 6.04. The lowest BCUT2D eigenvalue weighted by atomic mass is 9.77. The molecule has 1 saturated carbocycles. The minimum absolute atomic E-state index is 0.103. The molecule has 7 nitrogen and oxygen atoms in total. The van der Waals surface area contributed by atoms with Gasteiger partial charge in [-0.05, 0) is 50.3 Å². The first-order chi connectivity index (χ1) is 15.1. The molecule has 3 aliphatic rings. The zero-order valence-corrected chi connectivity index (χ0v) is 17.1. The summed E-state index contributed by atoms with van der Waals surface area (Å²) in [6.45, 7) is 2.50. The number of aromatic nitrogens is 4. The molecule has 158 valence electrons. The normalized spacial score (nSPS) is 22.4. The van der Waals surface area contributed by atoms with E-state index in [-0.39, 0.29) is 35.0 Å². The van der Waals surface area contributed by atoms with Crippen LogP contribution < -0.4 is 4.74 Å². The first-order valence-electron chi connectivity index (χ1n) is 10.4. The van der Waals surface area contributed by atoms with E-state index in [9.17, 15) is 9.18 Å². The van der Waals surface area contributed by atoms with Crippen LogP contribution in [0.5, 0.6) is 5.88 Å². The van der Waals surface area contributed by atoms with Gasteiger partial charge in [0.15, 0.2) is 5.82 Å². The number of carbonyl (C=O) groups is 1. The van der Waals surface area contributed by atoms with Gasteiger partial charge in [0.05, 0.1) is 35.3 Å². The fourth-order valence-corrected chi connectivity index (χ4v) is 4.60. The summed E-state index contributed by atoms with van der Waals surface area (Å²) >= 11 is 0. The first-order valence-corrected chi connectivity index (χ1v) is 10.4. The van der Waals surface area contributed by atoms with Gasteiger partial charge < -0.3 is 9.64 Å². The Labute approximate surface area is 179 Å². The minimum atomic E-state index is -0.512. The number of nitrogens with zero attached hydrogens (tertiary/aromatic N) is 5. The van der Waals surface area contributed by atoms with Crippen molar-refractivity contribution in [3.63, 3.8) is 0 Å². The molecule has 0 spiro atoms. The Morgan fingerprint density at radius 1 is 1.10 bits per heavy atom. The van der Waals surface area contributed by atoms with Crippen LogP contribution in [-0.4, -0.2) is 49.4 Å². The van der Waals surface area contributed by atoms with Crippen LogP contribution in [0.15, 0.2) is 49.1 Å². The predicted molar refractivity (Wildman–Crippen MR) is 111 cm³/mol. The summed E-state index contributed by atoms with van der Waals surface area (Å²) in [6, 6.07) is 6.07. The highest BCUT2D eigenvalue weighted by molar-refractivity contribution is 6.00. The summed E-state index contributed by atoms with van der Waals surface area (Å²) < 4.78 is 20.9. The molecule has 3 fully saturated rings. The van der Waals surface area contributed by atoms with Crippen molar-refractivity contribution in [3.8, 4) is 17.3 Å². The molecule has 1 aliphatic carbocycles. The minimum Gasteiger partial charge on any atom is -0.471 e. The molecule has 2 bridgehead atoms. The average molecular weight is 419 g/mol. The zero-order chi connectivity index (χ0) is 21.4. The molecule has 0 radical (unpaired) electrons. The quantitative estimate of drug-likeness (QED) is 0.644. The molecule has 2 saturated heterocycles. The van der Waals surface area contributed by atoms with Gasteiger partial charge >= 0.3 is 0 Å². The number of ether oxygens (including phenoxy) is 1. The number of amides is 1. The monoisotopic (exact) mass is 419 g/mol. The second-order valence-corrected chi connectivity index (χ2v) is 8.09. The Balaban J connectivity index is 1.45. The van der Waals surface area contributed by atoms with Crippen molar-refractivity contribution >= 4 is 5.91 Å². The molecule has 6 rings (SSSR count). The lowest BCUT2D eigenvalue weighted by Gasteiger charge is -2.49. The molecule has 1 amide bonds. The van der Waals surface area contributed by atoms with Crippen molar-refractivity contribution < 1.29 is 13.9 Å². The van der Waals surface area contributed by atoms with E-state index in [2.05, 4.69) is 19.9 Å². The number of hydrogen-bond donors (Lipinski definition) is 0. The van der Waals surface area contributed by atoms with Crippen LogP contribution in [0, 0.1) is 18.7 Å². The zero-order valence-electron chi connectivity index (χ0n) is 17.1. The molecular weight excluding hydrogens is 397 g/mol. The Hall–Kier alpha value is -3.42. The maximum absolute atomic E-state index is 14.8. The third kappa shape index (κ3) is 3.73. The fraction of sp³-hybridized carbons (Fsp3) is 0.348. The SMILES string of the molecule is Cc1cnc(O[C@@H]2CC3CC[C@@H]2N(C(=O)c2cccc(F)c2-c2ncccn2)C3)cn1. The van der Waals surface area contributed by atoms with Gasteiger partial charge in [-0.1, -0.05) is 6.07 Å². The van der Waals surface area contributed by atoms with E-state index >= 15 is 0 Å². The van der Waals surface area contributed by atoms with E-state index in [0.29, 0.717) is 18.3 Å². The molecule has 3 atom stereocenters. The van der Waals surface area contributed by atoms with Gasteiger partial charge in [-0.2, -0.15) is 0 Å². The number of hydrogen-bond acceptors (Lipinski definition) is 6. The number of carbonyl (C=O) groups excluding carboxylic acids is 1. The van der Waals surface area contributed by atoms with Crippen LogP contribution in [0.25, 0.3) is 11.4 Å². The van der Waals surface area contributed by atoms with Gasteiger partial charge in [0, 0.05) is 18.9 Å². The summed E-state index contributed by atoms with van der Waals surface area (Å²) in [5.41, 5.74) is 1.22. The predicted octanol–water partition coefficient (Wildman–Crippen LogP) is 3.45. The highest BCUT2D eigenvalue weighted by Crippen LogP contribution is 2.38. The second kappa shape index (κ2) is 8.02. The third-order valence-electron chi connectivity index (χ3n) is 6.04. The number of aryl methyl sites for hydroxylation is 1. The number of piperidine rings is 2. The molecule has 0 N–H and O–H groups in total. The van der Waals surface area contributed by atoms with Crippen molar-refractivity contribution in [1.29, 1.82) is 0 Å². The largest absolute Gasteiger partial charge is 0.471 e. The van der Waals surface area contributed by atoms with Gasteiger partial charge in [0.2, 0.25) is 5.88 Å². The average Bonchev–Trinajstić information content (AvgIpc) is 2.81. The highest BCUT2D eigenvalue weighted by atomic mass is 19.1. The van der Waals surface area contributed by atoms with E-state index in [1.54, 1.807) is 43.0 Å². The number of fused-ring (bicyclic) bond motifs is 3. The van der Waals surface area contributed by atoms with Crippen molar-refractivity contribution in [1.82, 2.24) is 24.8 Å². The number of halogens is 1. The number of rotatable bonds is 4. The Morgan fingerprint density at radius 2 is 1.94 bits per heavy atom. The van der Waals surface area contributed by atoms with Gasteiger partial charge in [0.25, 0.3) is 5.91 Å². The van der Waals surface area contributed by atoms with Crippen LogP contribution in [0.4, 0.5) is 4.39 Å². The van der Waals surface area contributed by atoms with E-state index in [1.807, 2.05) is 11.8 Å². The highest BCUT2D eigenvalue weighted by Gasteiger charge is 2.45. The van der Waals surface area contributed by atoms with Crippen LogP contribution in [0.3, 0.4) is 0 Å². The maximum atomic E-state index is 14.8. The van der Waals surface area contributed by atoms with Gasteiger partial charge in [0.1, 0.15) is 11.9 Å². The number of benzene rings is 1. The van der Waals surface area contributed by atoms with Crippen molar-refractivity contribution in [2.24, 2.45) is 5.92 Å². The Morgan fingerprint density at radius 3 is 2.68 bits per heavy atom. The van der Waals surface area contributed by atoms with E-state index in [1.165, 1.54) is 6.07 Å². The molecule has 2 aliphatic heterocycles. The topological polar surface area (TPSA) is 81.1 Å². The first kappa shape index (κ1) is 19.5. The molecular formula is C23H22FN5O2. The van der Waals surface area contributed by atoms with Crippen LogP contribution in [0.1, 0.15) is 35.3 Å². The summed E-state index contributed by atoms with van der Waals surface area (Å²) in [5.74, 6) is 0.262. The second-order valence-electron chi connectivity index (χ2n) is 8.09. The molecule has 3 aromatic rings. The summed E-state index contributed by atoms with van der Waals surface area (Å²) in [5, 5.41) is 0. The molecule has 1 unspecified atom stereocenters. The summed E-state index contributed by atoms with van der Waals surface area (Å²) in [4.78, 5) is 32.3. The Bertz CT molecular complexity index is 1090. The summed E-state index contributed by atoms with van der Waals surface area (Å²) in [6.07, 6.45) is 8.94. The van der Waals surface area contributed by atoms with Crippen LogP contribution in [0.2, 0.25) is 0 Å². The molecule has 31 heavy (non-hydrogen) atoms.